The fraction of sp³-hybridized carbons (Fsp3) is 0.407. The van der Waals surface area contributed by atoms with E-state index in [0.29, 0.717) is 23.4 Å². The summed E-state index contributed by atoms with van der Waals surface area (Å²) < 4.78 is 11.3. The fourth-order valence-corrected chi connectivity index (χ4v) is 3.76. The number of ether oxygens (including phenoxy) is 2. The number of carbonyl (C=O) groups is 2. The Bertz CT molecular complexity index is 1000. The van der Waals surface area contributed by atoms with Gasteiger partial charge in [-0.05, 0) is 60.6 Å². The molecule has 1 aliphatic rings. The van der Waals surface area contributed by atoms with Crippen molar-refractivity contribution in [3.05, 3.63) is 70.9 Å². The van der Waals surface area contributed by atoms with Crippen molar-refractivity contribution in [2.45, 2.75) is 65.3 Å². The van der Waals surface area contributed by atoms with E-state index in [4.69, 9.17) is 9.47 Å². The van der Waals surface area contributed by atoms with E-state index in [0.717, 1.165) is 24.2 Å². The molecule has 2 aromatic carbocycles. The maximum atomic E-state index is 12.8. The summed E-state index contributed by atoms with van der Waals surface area (Å²) in [5.74, 6) is 1.01. The normalized spacial score (nSPS) is 16.2. The van der Waals surface area contributed by atoms with Crippen molar-refractivity contribution in [2.75, 3.05) is 6.61 Å². The van der Waals surface area contributed by atoms with Crippen molar-refractivity contribution < 1.29 is 19.1 Å². The predicted molar refractivity (Wildman–Crippen MR) is 129 cm³/mol. The number of esters is 1. The van der Waals surface area contributed by atoms with Gasteiger partial charge >= 0.3 is 12.0 Å². The molecule has 0 radical (unpaired) electrons. The first-order chi connectivity index (χ1) is 15.7. The summed E-state index contributed by atoms with van der Waals surface area (Å²) in [6, 6.07) is 14.6. The number of amides is 2. The zero-order valence-electron chi connectivity index (χ0n) is 20.2. The maximum absolute atomic E-state index is 12.8. The molecule has 0 spiro atoms. The molecule has 0 fully saturated rings. The van der Waals surface area contributed by atoms with E-state index in [2.05, 4.69) is 50.5 Å². The molecular formula is C27H34N2O4. The van der Waals surface area contributed by atoms with Gasteiger partial charge in [-0.25, -0.2) is 9.59 Å². The number of benzene rings is 2. The van der Waals surface area contributed by atoms with Crippen LogP contribution in [0.3, 0.4) is 0 Å². The van der Waals surface area contributed by atoms with Crippen molar-refractivity contribution in [3.8, 4) is 11.5 Å². The van der Waals surface area contributed by atoms with E-state index in [9.17, 15) is 9.59 Å². The topological polar surface area (TPSA) is 76.7 Å². The summed E-state index contributed by atoms with van der Waals surface area (Å²) in [7, 11) is 0. The minimum absolute atomic E-state index is 0.0829. The first kappa shape index (κ1) is 24.4. The summed E-state index contributed by atoms with van der Waals surface area (Å²) in [4.78, 5) is 25.1. The minimum atomic E-state index is -0.579. The van der Waals surface area contributed by atoms with Crippen LogP contribution in [0.4, 0.5) is 4.79 Å². The van der Waals surface area contributed by atoms with Crippen LogP contribution in [0.1, 0.15) is 71.0 Å². The molecule has 1 aliphatic heterocycles. The molecule has 176 valence electrons. The van der Waals surface area contributed by atoms with Crippen LogP contribution in [0, 0.1) is 0 Å². The quantitative estimate of drug-likeness (QED) is 0.474. The Hall–Kier alpha value is -3.28. The first-order valence-corrected chi connectivity index (χ1v) is 11.6. The Morgan fingerprint density at radius 3 is 2.12 bits per heavy atom. The van der Waals surface area contributed by atoms with Gasteiger partial charge in [0, 0.05) is 5.70 Å². The average molecular weight is 451 g/mol. The van der Waals surface area contributed by atoms with Crippen LogP contribution in [0.2, 0.25) is 0 Å². The molecule has 0 aromatic heterocycles. The third-order valence-electron chi connectivity index (χ3n) is 5.60. The van der Waals surface area contributed by atoms with Crippen LogP contribution in [0.15, 0.2) is 59.8 Å². The summed E-state index contributed by atoms with van der Waals surface area (Å²) in [5, 5.41) is 5.67. The summed E-state index contributed by atoms with van der Waals surface area (Å²) in [5.41, 5.74) is 3.19. The van der Waals surface area contributed by atoms with E-state index in [1.165, 1.54) is 5.56 Å². The van der Waals surface area contributed by atoms with Gasteiger partial charge in [0.25, 0.3) is 0 Å². The zero-order valence-corrected chi connectivity index (χ0v) is 20.2. The number of allylic oxidation sites excluding steroid dienone is 1. The van der Waals surface area contributed by atoms with E-state index >= 15 is 0 Å². The van der Waals surface area contributed by atoms with Gasteiger partial charge in [-0.3, -0.25) is 0 Å². The summed E-state index contributed by atoms with van der Waals surface area (Å²) in [6.45, 7) is 10.6. The highest BCUT2D eigenvalue weighted by Gasteiger charge is 2.33. The fourth-order valence-electron chi connectivity index (χ4n) is 3.76. The van der Waals surface area contributed by atoms with Crippen molar-refractivity contribution >= 4 is 12.0 Å². The second-order valence-electron chi connectivity index (χ2n) is 9.19. The van der Waals surface area contributed by atoms with Crippen LogP contribution in [-0.2, 0) is 14.9 Å². The molecule has 1 unspecified atom stereocenters. The highest BCUT2D eigenvalue weighted by Crippen LogP contribution is 2.32. The van der Waals surface area contributed by atoms with Crippen molar-refractivity contribution in [2.24, 2.45) is 0 Å². The highest BCUT2D eigenvalue weighted by molar-refractivity contribution is 5.95. The number of hydrogen-bond acceptors (Lipinski definition) is 4. The van der Waals surface area contributed by atoms with Crippen LogP contribution in [0.5, 0.6) is 11.5 Å². The van der Waals surface area contributed by atoms with Gasteiger partial charge in [-0.1, -0.05) is 58.4 Å². The molecule has 0 bridgehead atoms. The second-order valence-corrected chi connectivity index (χ2v) is 9.19. The molecule has 0 saturated heterocycles. The van der Waals surface area contributed by atoms with Crippen molar-refractivity contribution in [1.29, 1.82) is 0 Å². The molecule has 0 aliphatic carbocycles. The molecule has 0 saturated carbocycles. The van der Waals surface area contributed by atoms with Crippen molar-refractivity contribution in [1.82, 2.24) is 10.6 Å². The van der Waals surface area contributed by atoms with Gasteiger partial charge in [0.15, 0.2) is 0 Å². The molecule has 3 rings (SSSR count). The maximum Gasteiger partial charge on any atom is 0.338 e. The lowest BCUT2D eigenvalue weighted by Gasteiger charge is -2.29. The second kappa shape index (κ2) is 10.6. The Kier molecular flexibility index (Phi) is 7.79. The molecule has 33 heavy (non-hydrogen) atoms. The highest BCUT2D eigenvalue weighted by atomic mass is 16.5. The third kappa shape index (κ3) is 6.15. The number of carbonyl (C=O) groups excluding carboxylic acids is 2. The number of nitrogens with one attached hydrogen (secondary N) is 2. The van der Waals surface area contributed by atoms with Crippen LogP contribution in [0.25, 0.3) is 0 Å². The van der Waals surface area contributed by atoms with E-state index in [-0.39, 0.29) is 18.1 Å². The number of urea groups is 1. The summed E-state index contributed by atoms with van der Waals surface area (Å²) in [6.07, 6.45) is 2.43. The SMILES string of the molecule is CCCCC1=C(C(=O)OCC)C(c2ccc(Oc3ccc(C(C)(C)C)cc3)cc2)NC(=O)N1. The Morgan fingerprint density at radius 1 is 0.970 bits per heavy atom. The molecule has 6 nitrogen and oxygen atoms in total. The van der Waals surface area contributed by atoms with Gasteiger partial charge in [0.2, 0.25) is 0 Å². The van der Waals surface area contributed by atoms with Crippen LogP contribution in [-0.4, -0.2) is 18.6 Å². The van der Waals surface area contributed by atoms with Gasteiger partial charge in [-0.2, -0.15) is 0 Å². The van der Waals surface area contributed by atoms with Crippen LogP contribution >= 0.6 is 0 Å². The molecule has 2 amide bonds. The zero-order chi connectivity index (χ0) is 24.0. The predicted octanol–water partition coefficient (Wildman–Crippen LogP) is 6.14. The lowest BCUT2D eigenvalue weighted by Crippen LogP contribution is -2.46. The Balaban J connectivity index is 1.83. The van der Waals surface area contributed by atoms with E-state index < -0.39 is 12.0 Å². The van der Waals surface area contributed by atoms with E-state index in [1.807, 2.05) is 36.4 Å². The van der Waals surface area contributed by atoms with Gasteiger partial charge in [0.05, 0.1) is 18.2 Å². The van der Waals surface area contributed by atoms with Gasteiger partial charge < -0.3 is 20.1 Å². The minimum Gasteiger partial charge on any atom is -0.463 e. The smallest absolute Gasteiger partial charge is 0.338 e. The van der Waals surface area contributed by atoms with Gasteiger partial charge in [0.1, 0.15) is 11.5 Å². The van der Waals surface area contributed by atoms with Crippen LogP contribution < -0.4 is 15.4 Å². The van der Waals surface area contributed by atoms with Crippen molar-refractivity contribution in [3.63, 3.8) is 0 Å². The van der Waals surface area contributed by atoms with Gasteiger partial charge in [-0.15, -0.1) is 0 Å². The lowest BCUT2D eigenvalue weighted by atomic mass is 9.87. The third-order valence-corrected chi connectivity index (χ3v) is 5.60. The first-order valence-electron chi connectivity index (χ1n) is 11.6. The molecule has 1 heterocycles. The van der Waals surface area contributed by atoms with E-state index in [1.54, 1.807) is 6.92 Å². The largest absolute Gasteiger partial charge is 0.463 e. The number of hydrogen-bond donors (Lipinski definition) is 2. The standard InChI is InChI=1S/C27H34N2O4/c1-6-8-9-22-23(25(30)32-7-2)24(29-26(31)28-22)18-10-14-20(15-11-18)33-21-16-12-19(13-17-21)27(3,4)5/h10-17,24H,6-9H2,1-5H3,(H2,28,29,31). The lowest BCUT2D eigenvalue weighted by molar-refractivity contribution is -0.139. The molecule has 2 aromatic rings. The Morgan fingerprint density at radius 2 is 1.58 bits per heavy atom. The molecule has 2 N–H and O–H groups in total. The number of rotatable bonds is 8. The molecule has 6 heteroatoms. The molecule has 1 atom stereocenters. The Labute approximate surface area is 196 Å². The molecular weight excluding hydrogens is 416 g/mol. The summed E-state index contributed by atoms with van der Waals surface area (Å²) >= 11 is 0. The average Bonchev–Trinajstić information content (AvgIpc) is 2.77. The monoisotopic (exact) mass is 450 g/mol. The number of unbranched alkanes of at least 4 members (excludes halogenated alkanes) is 1.